The van der Waals surface area contributed by atoms with Crippen molar-refractivity contribution in [3.8, 4) is 0 Å². The Hall–Kier alpha value is -0.800. The number of benzene rings is 1. The van der Waals surface area contributed by atoms with E-state index in [9.17, 15) is 0 Å². The fourth-order valence-corrected chi connectivity index (χ4v) is 3.27. The first kappa shape index (κ1) is 17.6. The summed E-state index contributed by atoms with van der Waals surface area (Å²) in [7, 11) is 2.10. The Morgan fingerprint density at radius 1 is 1.14 bits per heavy atom. The lowest BCUT2D eigenvalue weighted by molar-refractivity contribution is 0.277. The lowest BCUT2D eigenvalue weighted by Gasteiger charge is -2.22. The molecule has 22 heavy (non-hydrogen) atoms. The second kappa shape index (κ2) is 8.16. The zero-order valence-electron chi connectivity index (χ0n) is 12.7. The van der Waals surface area contributed by atoms with Gasteiger partial charge in [-0.25, -0.2) is 0 Å². The monoisotopic (exact) mass is 356 g/mol. The quantitative estimate of drug-likeness (QED) is 0.648. The van der Waals surface area contributed by atoms with Gasteiger partial charge in [-0.3, -0.25) is 4.98 Å². The van der Waals surface area contributed by atoms with Crippen LogP contribution >= 0.6 is 34.8 Å². The maximum Gasteiger partial charge on any atom is 0.0639 e. The van der Waals surface area contributed by atoms with Crippen LogP contribution in [0.5, 0.6) is 0 Å². The Labute approximate surface area is 147 Å². The molecule has 118 valence electrons. The van der Waals surface area contributed by atoms with Gasteiger partial charge >= 0.3 is 0 Å². The molecule has 0 fully saturated rings. The van der Waals surface area contributed by atoms with E-state index in [4.69, 9.17) is 34.8 Å². The minimum Gasteiger partial charge on any atom is -0.302 e. The van der Waals surface area contributed by atoms with E-state index in [1.807, 2.05) is 12.3 Å². The SMILES string of the molecule is CC(Cc1c(Cl)ccc(Cl)c1Cl)CN(C)Cc1cccnc1. The predicted molar refractivity (Wildman–Crippen MR) is 94.9 cm³/mol. The van der Waals surface area contributed by atoms with Crippen LogP contribution in [0.25, 0.3) is 0 Å². The summed E-state index contributed by atoms with van der Waals surface area (Å²) in [4.78, 5) is 6.41. The maximum atomic E-state index is 6.27. The van der Waals surface area contributed by atoms with Crippen molar-refractivity contribution in [2.75, 3.05) is 13.6 Å². The third kappa shape index (κ3) is 4.85. The Bertz CT molecular complexity index is 617. The molecule has 1 aromatic heterocycles. The summed E-state index contributed by atoms with van der Waals surface area (Å²) in [6.45, 7) is 4.00. The molecule has 1 aromatic carbocycles. The molecular weight excluding hydrogens is 339 g/mol. The van der Waals surface area contributed by atoms with Crippen molar-refractivity contribution >= 4 is 34.8 Å². The Morgan fingerprint density at radius 2 is 1.86 bits per heavy atom. The van der Waals surface area contributed by atoms with Crippen molar-refractivity contribution < 1.29 is 0 Å². The number of aromatic nitrogens is 1. The van der Waals surface area contributed by atoms with Crippen LogP contribution in [-0.2, 0) is 13.0 Å². The number of halogens is 3. The van der Waals surface area contributed by atoms with Gasteiger partial charge in [0.25, 0.3) is 0 Å². The van der Waals surface area contributed by atoms with Gasteiger partial charge in [-0.05, 0) is 48.7 Å². The van der Waals surface area contributed by atoms with Gasteiger partial charge < -0.3 is 4.90 Å². The van der Waals surface area contributed by atoms with E-state index >= 15 is 0 Å². The van der Waals surface area contributed by atoms with Crippen molar-refractivity contribution in [3.05, 3.63) is 62.9 Å². The van der Waals surface area contributed by atoms with Gasteiger partial charge in [0.1, 0.15) is 0 Å². The van der Waals surface area contributed by atoms with E-state index < -0.39 is 0 Å². The summed E-state index contributed by atoms with van der Waals surface area (Å²) in [6.07, 6.45) is 4.48. The Balaban J connectivity index is 1.95. The van der Waals surface area contributed by atoms with Gasteiger partial charge in [0.2, 0.25) is 0 Å². The van der Waals surface area contributed by atoms with Gasteiger partial charge in [0, 0.05) is 30.5 Å². The molecule has 0 aliphatic carbocycles. The van der Waals surface area contributed by atoms with Crippen LogP contribution in [0.2, 0.25) is 15.1 Å². The maximum absolute atomic E-state index is 6.27. The highest BCUT2D eigenvalue weighted by Gasteiger charge is 2.14. The molecule has 0 aliphatic rings. The van der Waals surface area contributed by atoms with Crippen LogP contribution in [0, 0.1) is 5.92 Å². The predicted octanol–water partition coefficient (Wildman–Crippen LogP) is 5.35. The summed E-state index contributed by atoms with van der Waals surface area (Å²) in [5.74, 6) is 0.412. The minimum absolute atomic E-state index is 0.412. The normalized spacial score (nSPS) is 12.6. The summed E-state index contributed by atoms with van der Waals surface area (Å²) in [6, 6.07) is 7.57. The molecule has 1 heterocycles. The molecule has 0 bridgehead atoms. The molecule has 0 spiro atoms. The average molecular weight is 358 g/mol. The van der Waals surface area contributed by atoms with Crippen LogP contribution in [0.4, 0.5) is 0 Å². The average Bonchev–Trinajstić information content (AvgIpc) is 2.48. The molecule has 1 unspecified atom stereocenters. The van der Waals surface area contributed by atoms with Gasteiger partial charge in [-0.15, -0.1) is 0 Å². The largest absolute Gasteiger partial charge is 0.302 e. The fraction of sp³-hybridized carbons (Fsp3) is 0.353. The smallest absolute Gasteiger partial charge is 0.0639 e. The highest BCUT2D eigenvalue weighted by Crippen LogP contribution is 2.33. The molecule has 0 radical (unpaired) electrons. The number of rotatable bonds is 6. The van der Waals surface area contributed by atoms with Crippen LogP contribution in [-0.4, -0.2) is 23.5 Å². The van der Waals surface area contributed by atoms with Crippen molar-refractivity contribution in [2.45, 2.75) is 19.9 Å². The van der Waals surface area contributed by atoms with E-state index in [0.29, 0.717) is 21.0 Å². The molecule has 2 aromatic rings. The third-order valence-corrected chi connectivity index (χ3v) is 4.69. The van der Waals surface area contributed by atoms with Gasteiger partial charge in [0.15, 0.2) is 0 Å². The van der Waals surface area contributed by atoms with Crippen molar-refractivity contribution in [3.63, 3.8) is 0 Å². The number of hydrogen-bond donors (Lipinski definition) is 0. The van der Waals surface area contributed by atoms with Crippen molar-refractivity contribution in [2.24, 2.45) is 5.92 Å². The number of pyridine rings is 1. The summed E-state index contributed by atoms with van der Waals surface area (Å²) in [5.41, 5.74) is 2.13. The lowest BCUT2D eigenvalue weighted by atomic mass is 10.0. The molecule has 0 aliphatic heterocycles. The standard InChI is InChI=1S/C17H19Cl3N2/c1-12(8-14-15(18)5-6-16(19)17(14)20)10-22(2)11-13-4-3-7-21-9-13/h3-7,9,12H,8,10-11H2,1-2H3. The first-order valence-corrected chi connectivity index (χ1v) is 8.30. The molecule has 2 nitrogen and oxygen atoms in total. The number of hydrogen-bond acceptors (Lipinski definition) is 2. The van der Waals surface area contributed by atoms with Gasteiger partial charge in [-0.2, -0.15) is 0 Å². The molecule has 5 heteroatoms. The van der Waals surface area contributed by atoms with Crippen molar-refractivity contribution in [1.29, 1.82) is 0 Å². The van der Waals surface area contributed by atoms with Crippen LogP contribution in [0.1, 0.15) is 18.1 Å². The molecule has 0 saturated heterocycles. The molecule has 2 rings (SSSR count). The van der Waals surface area contributed by atoms with Crippen LogP contribution in [0.15, 0.2) is 36.7 Å². The topological polar surface area (TPSA) is 16.1 Å². The zero-order valence-corrected chi connectivity index (χ0v) is 15.0. The van der Waals surface area contributed by atoms with Crippen LogP contribution in [0.3, 0.4) is 0 Å². The second-order valence-corrected chi connectivity index (χ2v) is 6.88. The summed E-state index contributed by atoms with van der Waals surface area (Å²) >= 11 is 18.6. The van der Waals surface area contributed by atoms with E-state index in [0.717, 1.165) is 25.1 Å². The molecule has 0 N–H and O–H groups in total. The molecule has 1 atom stereocenters. The van der Waals surface area contributed by atoms with Crippen molar-refractivity contribution in [1.82, 2.24) is 9.88 Å². The van der Waals surface area contributed by atoms with E-state index in [2.05, 4.69) is 29.9 Å². The molecular formula is C17H19Cl3N2. The molecule has 0 saturated carbocycles. The van der Waals surface area contributed by atoms with E-state index in [1.54, 1.807) is 18.3 Å². The Kier molecular flexibility index (Phi) is 6.51. The minimum atomic E-state index is 0.412. The number of nitrogens with zero attached hydrogens (tertiary/aromatic N) is 2. The summed E-state index contributed by atoms with van der Waals surface area (Å²) in [5, 5.41) is 1.80. The van der Waals surface area contributed by atoms with Crippen LogP contribution < -0.4 is 0 Å². The second-order valence-electron chi connectivity index (χ2n) is 5.69. The first-order chi connectivity index (χ1) is 10.5. The van der Waals surface area contributed by atoms with E-state index in [1.165, 1.54) is 5.56 Å². The van der Waals surface area contributed by atoms with Gasteiger partial charge in [-0.1, -0.05) is 47.8 Å². The Morgan fingerprint density at radius 3 is 2.55 bits per heavy atom. The first-order valence-electron chi connectivity index (χ1n) is 7.17. The van der Waals surface area contributed by atoms with Gasteiger partial charge in [0.05, 0.1) is 10.0 Å². The highest BCUT2D eigenvalue weighted by molar-refractivity contribution is 6.44. The molecule has 0 amide bonds. The highest BCUT2D eigenvalue weighted by atomic mass is 35.5. The lowest BCUT2D eigenvalue weighted by Crippen LogP contribution is -2.25. The van der Waals surface area contributed by atoms with E-state index in [-0.39, 0.29) is 0 Å². The third-order valence-electron chi connectivity index (χ3n) is 3.49. The summed E-state index contributed by atoms with van der Waals surface area (Å²) < 4.78 is 0. The zero-order chi connectivity index (χ0) is 16.1. The fourth-order valence-electron chi connectivity index (χ4n) is 2.57.